The molecule has 0 atom stereocenters. The number of nitrogens with one attached hydrogen (secondary N) is 1. The Hall–Kier alpha value is -1.73. The third-order valence-electron chi connectivity index (χ3n) is 1.53. The summed E-state index contributed by atoms with van der Waals surface area (Å²) in [6.07, 6.45) is 0. The van der Waals surface area contributed by atoms with Crippen molar-refractivity contribution in [3.8, 4) is 0 Å². The van der Waals surface area contributed by atoms with Gasteiger partial charge in [-0.05, 0) is 13.0 Å². The summed E-state index contributed by atoms with van der Waals surface area (Å²) < 4.78 is 4.59. The van der Waals surface area contributed by atoms with Gasteiger partial charge < -0.3 is 9.84 Å². The number of nitrogens with zero attached hydrogens (tertiary/aromatic N) is 2. The zero-order chi connectivity index (χ0) is 12.8. The topological polar surface area (TPSA) is 101 Å². The molecule has 0 fully saturated rings. The van der Waals surface area contributed by atoms with E-state index in [0.29, 0.717) is 5.69 Å². The fraction of sp³-hybridized carbons (Fsp3) is 0.333. The number of amides is 1. The maximum Gasteiger partial charge on any atom is 0.329 e. The van der Waals surface area contributed by atoms with E-state index in [1.54, 1.807) is 6.92 Å². The summed E-state index contributed by atoms with van der Waals surface area (Å²) in [4.78, 5) is 29.1. The van der Waals surface area contributed by atoms with Gasteiger partial charge in [0.15, 0.2) is 0 Å². The summed E-state index contributed by atoms with van der Waals surface area (Å²) in [5.74, 6) is -1.64. The molecule has 7 nitrogen and oxygen atoms in total. The molecule has 17 heavy (non-hydrogen) atoms. The lowest BCUT2D eigenvalue weighted by Crippen LogP contribution is -2.22. The smallest absolute Gasteiger partial charge is 0.329 e. The van der Waals surface area contributed by atoms with Crippen molar-refractivity contribution in [1.29, 1.82) is 0 Å². The Morgan fingerprint density at radius 1 is 1.47 bits per heavy atom. The van der Waals surface area contributed by atoms with Crippen molar-refractivity contribution in [1.82, 2.24) is 9.97 Å². The van der Waals surface area contributed by atoms with Gasteiger partial charge in [0.2, 0.25) is 5.95 Å². The largest absolute Gasteiger partial charge is 0.480 e. The maximum atomic E-state index is 11.3. The van der Waals surface area contributed by atoms with E-state index in [-0.39, 0.29) is 17.7 Å². The number of ether oxygens (including phenoxy) is 1. The van der Waals surface area contributed by atoms with Crippen LogP contribution in [-0.2, 0) is 14.3 Å². The fourth-order valence-electron chi connectivity index (χ4n) is 0.978. The lowest BCUT2D eigenvalue weighted by atomic mass is 10.4. The zero-order valence-electron chi connectivity index (χ0n) is 8.94. The van der Waals surface area contributed by atoms with Crippen LogP contribution in [0.25, 0.3) is 0 Å². The molecule has 0 aliphatic carbocycles. The molecule has 0 aromatic carbocycles. The molecule has 0 unspecified atom stereocenters. The van der Waals surface area contributed by atoms with Crippen LogP contribution in [0.5, 0.6) is 0 Å². The highest BCUT2D eigenvalue weighted by atomic mass is 35.5. The van der Waals surface area contributed by atoms with Crippen molar-refractivity contribution < 1.29 is 19.4 Å². The monoisotopic (exact) mass is 259 g/mol. The Bertz CT molecular complexity index is 418. The van der Waals surface area contributed by atoms with Crippen molar-refractivity contribution >= 4 is 29.4 Å². The van der Waals surface area contributed by atoms with Gasteiger partial charge in [-0.1, -0.05) is 11.6 Å². The van der Waals surface area contributed by atoms with E-state index in [9.17, 15) is 9.59 Å². The number of anilines is 1. The Labute approximate surface area is 102 Å². The number of carboxylic acids is 1. The molecule has 1 heterocycles. The van der Waals surface area contributed by atoms with Crippen LogP contribution in [0.15, 0.2) is 6.07 Å². The minimum Gasteiger partial charge on any atom is -0.480 e. The standard InChI is InChI=1S/C9H10ClN3O4/c1-5-2-6(10)12-9(11-5)13-7(14)3-17-4-8(15)16/h2H,3-4H2,1H3,(H,15,16)(H,11,12,13,14). The van der Waals surface area contributed by atoms with E-state index < -0.39 is 18.5 Å². The van der Waals surface area contributed by atoms with E-state index in [2.05, 4.69) is 20.0 Å². The Morgan fingerprint density at radius 3 is 2.76 bits per heavy atom. The first kappa shape index (κ1) is 13.3. The first-order chi connectivity index (χ1) is 7.97. The van der Waals surface area contributed by atoms with E-state index in [1.807, 2.05) is 0 Å². The predicted molar refractivity (Wildman–Crippen MR) is 58.9 cm³/mol. The quantitative estimate of drug-likeness (QED) is 0.746. The third-order valence-corrected chi connectivity index (χ3v) is 1.73. The highest BCUT2D eigenvalue weighted by Gasteiger charge is 2.07. The number of carboxylic acid groups (broad SMARTS) is 1. The normalized spacial score (nSPS) is 10.0. The highest BCUT2D eigenvalue weighted by Crippen LogP contribution is 2.09. The molecule has 0 saturated heterocycles. The van der Waals surface area contributed by atoms with Gasteiger partial charge in [0, 0.05) is 5.69 Å². The summed E-state index contributed by atoms with van der Waals surface area (Å²) in [6.45, 7) is 0.772. The second-order valence-corrected chi connectivity index (χ2v) is 3.48. The van der Waals surface area contributed by atoms with E-state index in [1.165, 1.54) is 6.07 Å². The lowest BCUT2D eigenvalue weighted by Gasteiger charge is -2.04. The van der Waals surface area contributed by atoms with Gasteiger partial charge in [-0.2, -0.15) is 0 Å². The Kier molecular flexibility index (Phi) is 4.80. The number of aromatic nitrogens is 2. The number of carbonyl (C=O) groups excluding carboxylic acids is 1. The average Bonchev–Trinajstić information content (AvgIpc) is 2.14. The minimum atomic E-state index is -1.15. The van der Waals surface area contributed by atoms with E-state index >= 15 is 0 Å². The second kappa shape index (κ2) is 6.12. The summed E-state index contributed by atoms with van der Waals surface area (Å²) in [5.41, 5.74) is 0.603. The molecule has 0 aliphatic rings. The number of aliphatic carboxylic acids is 1. The molecule has 1 aromatic rings. The van der Waals surface area contributed by atoms with Gasteiger partial charge in [-0.15, -0.1) is 0 Å². The number of aryl methyl sites for hydroxylation is 1. The number of rotatable bonds is 5. The van der Waals surface area contributed by atoms with Crippen molar-refractivity contribution in [3.63, 3.8) is 0 Å². The molecular weight excluding hydrogens is 250 g/mol. The van der Waals surface area contributed by atoms with Crippen molar-refractivity contribution in [2.75, 3.05) is 18.5 Å². The number of hydrogen-bond acceptors (Lipinski definition) is 5. The molecule has 0 spiro atoms. The van der Waals surface area contributed by atoms with E-state index in [0.717, 1.165) is 0 Å². The minimum absolute atomic E-state index is 0.0546. The molecule has 0 aliphatic heterocycles. The summed E-state index contributed by atoms with van der Waals surface area (Å²) in [7, 11) is 0. The molecule has 1 amide bonds. The summed E-state index contributed by atoms with van der Waals surface area (Å²) >= 11 is 5.67. The van der Waals surface area contributed by atoms with Gasteiger partial charge >= 0.3 is 5.97 Å². The zero-order valence-corrected chi connectivity index (χ0v) is 9.69. The Morgan fingerprint density at radius 2 is 2.18 bits per heavy atom. The number of carbonyl (C=O) groups is 2. The SMILES string of the molecule is Cc1cc(Cl)nc(NC(=O)COCC(=O)O)n1. The van der Waals surface area contributed by atoms with Crippen LogP contribution < -0.4 is 5.32 Å². The first-order valence-corrected chi connectivity index (χ1v) is 4.96. The predicted octanol–water partition coefficient (Wildman–Crippen LogP) is 0.478. The summed E-state index contributed by atoms with van der Waals surface area (Å²) in [6, 6.07) is 1.54. The average molecular weight is 260 g/mol. The summed E-state index contributed by atoms with van der Waals surface area (Å²) in [5, 5.41) is 10.8. The van der Waals surface area contributed by atoms with Crippen LogP contribution >= 0.6 is 11.6 Å². The molecule has 1 rings (SSSR count). The lowest BCUT2D eigenvalue weighted by molar-refractivity contribution is -0.143. The van der Waals surface area contributed by atoms with Crippen molar-refractivity contribution in [2.24, 2.45) is 0 Å². The third kappa shape index (κ3) is 5.23. The van der Waals surface area contributed by atoms with Gasteiger partial charge in [-0.25, -0.2) is 14.8 Å². The van der Waals surface area contributed by atoms with Crippen LogP contribution in [0.4, 0.5) is 5.95 Å². The molecule has 0 saturated carbocycles. The first-order valence-electron chi connectivity index (χ1n) is 4.58. The van der Waals surface area contributed by atoms with Gasteiger partial charge in [0.05, 0.1) is 0 Å². The van der Waals surface area contributed by atoms with Crippen LogP contribution in [0.3, 0.4) is 0 Å². The Balaban J connectivity index is 2.47. The fourth-order valence-corrected chi connectivity index (χ4v) is 1.22. The van der Waals surface area contributed by atoms with Crippen molar-refractivity contribution in [2.45, 2.75) is 6.92 Å². The highest BCUT2D eigenvalue weighted by molar-refractivity contribution is 6.29. The van der Waals surface area contributed by atoms with Crippen LogP contribution in [0, 0.1) is 6.92 Å². The maximum absolute atomic E-state index is 11.3. The second-order valence-electron chi connectivity index (χ2n) is 3.09. The van der Waals surface area contributed by atoms with Gasteiger partial charge in [-0.3, -0.25) is 10.1 Å². The van der Waals surface area contributed by atoms with Crippen LogP contribution in [0.1, 0.15) is 5.69 Å². The molecule has 0 bridgehead atoms. The number of halogens is 1. The van der Waals surface area contributed by atoms with E-state index in [4.69, 9.17) is 16.7 Å². The molecular formula is C9H10ClN3O4. The molecule has 2 N–H and O–H groups in total. The molecule has 0 radical (unpaired) electrons. The van der Waals surface area contributed by atoms with Gasteiger partial charge in [0.25, 0.3) is 5.91 Å². The molecule has 8 heteroatoms. The van der Waals surface area contributed by atoms with Crippen LogP contribution in [0.2, 0.25) is 5.15 Å². The molecule has 1 aromatic heterocycles. The van der Waals surface area contributed by atoms with Crippen LogP contribution in [-0.4, -0.2) is 40.2 Å². The van der Waals surface area contributed by atoms with Crippen molar-refractivity contribution in [3.05, 3.63) is 16.9 Å². The number of hydrogen-bond donors (Lipinski definition) is 2. The van der Waals surface area contributed by atoms with Gasteiger partial charge in [0.1, 0.15) is 18.4 Å². The molecule has 92 valence electrons.